The molecule has 1 N–H and O–H groups in total. The lowest BCUT2D eigenvalue weighted by Gasteiger charge is -2.08. The molecule has 0 aliphatic carbocycles. The third-order valence-corrected chi connectivity index (χ3v) is 5.39. The molecule has 30 heavy (non-hydrogen) atoms. The molecular formula is C25H20N2O3. The maximum Gasteiger partial charge on any atom is 0.291 e. The van der Waals surface area contributed by atoms with Crippen molar-refractivity contribution in [2.45, 2.75) is 20.8 Å². The van der Waals surface area contributed by atoms with Crippen LogP contribution in [0.1, 0.15) is 27.2 Å². The number of amides is 1. The number of benzene rings is 3. The van der Waals surface area contributed by atoms with E-state index in [1.54, 1.807) is 6.07 Å². The normalized spacial score (nSPS) is 11.3. The van der Waals surface area contributed by atoms with E-state index in [1.165, 1.54) is 5.56 Å². The Hall–Kier alpha value is -3.86. The maximum absolute atomic E-state index is 12.8. The molecule has 0 saturated heterocycles. The lowest BCUT2D eigenvalue weighted by atomic mass is 10.1. The molecule has 0 atom stereocenters. The van der Waals surface area contributed by atoms with E-state index in [0.29, 0.717) is 17.2 Å². The van der Waals surface area contributed by atoms with Crippen molar-refractivity contribution >= 4 is 33.7 Å². The number of nitrogens with zero attached hydrogens (tertiary/aromatic N) is 1. The van der Waals surface area contributed by atoms with Crippen LogP contribution in [0.15, 0.2) is 69.5 Å². The van der Waals surface area contributed by atoms with Crippen LogP contribution in [0.3, 0.4) is 0 Å². The zero-order chi connectivity index (χ0) is 20.8. The molecule has 5 rings (SSSR count). The van der Waals surface area contributed by atoms with Gasteiger partial charge in [0.1, 0.15) is 11.1 Å². The molecule has 0 aliphatic rings. The van der Waals surface area contributed by atoms with E-state index in [2.05, 4.69) is 24.1 Å². The summed E-state index contributed by atoms with van der Waals surface area (Å²) in [5, 5.41) is 3.84. The highest BCUT2D eigenvalue weighted by atomic mass is 16.4. The van der Waals surface area contributed by atoms with Crippen LogP contribution >= 0.6 is 0 Å². The van der Waals surface area contributed by atoms with Crippen LogP contribution in [0.5, 0.6) is 0 Å². The minimum absolute atomic E-state index is 0.272. The largest absolute Gasteiger partial charge is 0.451 e. The summed E-state index contributed by atoms with van der Waals surface area (Å²) in [6, 6.07) is 19.1. The molecule has 2 heterocycles. The van der Waals surface area contributed by atoms with Crippen LogP contribution in [0.25, 0.3) is 33.5 Å². The Morgan fingerprint density at radius 1 is 0.833 bits per heavy atom. The number of aryl methyl sites for hydroxylation is 3. The van der Waals surface area contributed by atoms with Crippen molar-refractivity contribution in [3.05, 3.63) is 83.1 Å². The van der Waals surface area contributed by atoms with Gasteiger partial charge in [-0.05, 0) is 73.9 Å². The fraction of sp³-hybridized carbons (Fsp3) is 0.120. The van der Waals surface area contributed by atoms with Crippen molar-refractivity contribution < 1.29 is 13.6 Å². The Morgan fingerprint density at radius 3 is 2.47 bits per heavy atom. The van der Waals surface area contributed by atoms with Gasteiger partial charge in [-0.3, -0.25) is 4.79 Å². The summed E-state index contributed by atoms with van der Waals surface area (Å²) in [4.78, 5) is 17.4. The maximum atomic E-state index is 12.8. The SMILES string of the molecule is Cc1cc2nc(-c3ccc(C)c(NC(=O)c4cc5ccccc5o4)c3)oc2cc1C. The molecule has 0 fully saturated rings. The third kappa shape index (κ3) is 3.14. The van der Waals surface area contributed by atoms with E-state index in [4.69, 9.17) is 8.83 Å². The number of fused-ring (bicyclic) bond motifs is 2. The predicted molar refractivity (Wildman–Crippen MR) is 118 cm³/mol. The molecule has 5 aromatic rings. The van der Waals surface area contributed by atoms with Crippen molar-refractivity contribution in [2.75, 3.05) is 5.32 Å². The van der Waals surface area contributed by atoms with E-state index >= 15 is 0 Å². The highest BCUT2D eigenvalue weighted by Gasteiger charge is 2.15. The monoisotopic (exact) mass is 396 g/mol. The van der Waals surface area contributed by atoms with Gasteiger partial charge in [-0.25, -0.2) is 4.98 Å². The summed E-state index contributed by atoms with van der Waals surface area (Å²) in [7, 11) is 0. The Balaban J connectivity index is 1.48. The van der Waals surface area contributed by atoms with E-state index in [1.807, 2.05) is 61.5 Å². The molecule has 5 heteroatoms. The predicted octanol–water partition coefficient (Wildman–Crippen LogP) is 6.42. The molecular weight excluding hydrogens is 376 g/mol. The quantitative estimate of drug-likeness (QED) is 0.382. The first-order valence-corrected chi connectivity index (χ1v) is 9.77. The van der Waals surface area contributed by atoms with Gasteiger partial charge in [-0.15, -0.1) is 0 Å². The van der Waals surface area contributed by atoms with Gasteiger partial charge in [0.2, 0.25) is 5.89 Å². The molecule has 0 aliphatic heterocycles. The molecule has 0 radical (unpaired) electrons. The number of oxazole rings is 1. The number of carbonyl (C=O) groups excluding carboxylic acids is 1. The lowest BCUT2D eigenvalue weighted by Crippen LogP contribution is -2.11. The van der Waals surface area contributed by atoms with Crippen molar-refractivity contribution in [2.24, 2.45) is 0 Å². The third-order valence-electron chi connectivity index (χ3n) is 5.39. The van der Waals surface area contributed by atoms with E-state index in [0.717, 1.165) is 33.2 Å². The van der Waals surface area contributed by atoms with Crippen molar-refractivity contribution in [3.8, 4) is 11.5 Å². The fourth-order valence-corrected chi connectivity index (χ4v) is 3.47. The number of para-hydroxylation sites is 1. The van der Waals surface area contributed by atoms with Crippen LogP contribution in [-0.4, -0.2) is 10.9 Å². The molecule has 0 saturated carbocycles. The van der Waals surface area contributed by atoms with Crippen molar-refractivity contribution in [1.29, 1.82) is 0 Å². The first-order chi connectivity index (χ1) is 14.5. The number of nitrogens with one attached hydrogen (secondary N) is 1. The van der Waals surface area contributed by atoms with E-state index in [9.17, 15) is 4.79 Å². The number of anilines is 1. The molecule has 148 valence electrons. The number of aromatic nitrogens is 1. The van der Waals surface area contributed by atoms with Crippen molar-refractivity contribution in [1.82, 2.24) is 4.98 Å². The Bertz CT molecular complexity index is 1350. The Kier molecular flexibility index (Phi) is 4.17. The van der Waals surface area contributed by atoms with Crippen LogP contribution in [0.2, 0.25) is 0 Å². The van der Waals surface area contributed by atoms with Gasteiger partial charge in [-0.1, -0.05) is 24.3 Å². The molecule has 0 unspecified atom stereocenters. The summed E-state index contributed by atoms with van der Waals surface area (Å²) in [6.45, 7) is 6.05. The van der Waals surface area contributed by atoms with Gasteiger partial charge in [0.25, 0.3) is 5.91 Å². The minimum Gasteiger partial charge on any atom is -0.451 e. The van der Waals surface area contributed by atoms with Gasteiger partial charge >= 0.3 is 0 Å². The summed E-state index contributed by atoms with van der Waals surface area (Å²) in [6.07, 6.45) is 0. The average Bonchev–Trinajstić information content (AvgIpc) is 3.34. The zero-order valence-electron chi connectivity index (χ0n) is 16.9. The molecule has 3 aromatic carbocycles. The topological polar surface area (TPSA) is 68.3 Å². The number of furan rings is 1. The Labute approximate surface area is 173 Å². The number of rotatable bonds is 3. The molecule has 2 aromatic heterocycles. The number of hydrogen-bond acceptors (Lipinski definition) is 4. The van der Waals surface area contributed by atoms with Crippen LogP contribution in [0, 0.1) is 20.8 Å². The highest BCUT2D eigenvalue weighted by molar-refractivity contribution is 6.05. The second kappa shape index (κ2) is 6.88. The smallest absolute Gasteiger partial charge is 0.291 e. The van der Waals surface area contributed by atoms with E-state index in [-0.39, 0.29) is 11.7 Å². The summed E-state index contributed by atoms with van der Waals surface area (Å²) in [5.74, 6) is 0.498. The first kappa shape index (κ1) is 18.2. The lowest BCUT2D eigenvalue weighted by molar-refractivity contribution is 0.0998. The second-order valence-electron chi connectivity index (χ2n) is 7.56. The zero-order valence-corrected chi connectivity index (χ0v) is 16.9. The Morgan fingerprint density at radius 2 is 1.63 bits per heavy atom. The fourth-order valence-electron chi connectivity index (χ4n) is 3.47. The summed E-state index contributed by atoms with van der Waals surface area (Å²) < 4.78 is 11.6. The van der Waals surface area contributed by atoms with Crippen LogP contribution < -0.4 is 5.32 Å². The van der Waals surface area contributed by atoms with Gasteiger partial charge in [0, 0.05) is 16.6 Å². The minimum atomic E-state index is -0.296. The second-order valence-corrected chi connectivity index (χ2v) is 7.56. The van der Waals surface area contributed by atoms with Gasteiger partial charge in [0.15, 0.2) is 11.3 Å². The highest BCUT2D eigenvalue weighted by Crippen LogP contribution is 2.30. The molecule has 0 spiro atoms. The van der Waals surface area contributed by atoms with Crippen LogP contribution in [0.4, 0.5) is 5.69 Å². The van der Waals surface area contributed by atoms with E-state index < -0.39 is 0 Å². The standard InChI is InChI=1S/C25H20N2O3/c1-14-8-9-18(25-27-20-10-15(2)16(3)11-22(20)30-25)12-19(14)26-24(28)23-13-17-6-4-5-7-21(17)29-23/h4-13H,1-3H3,(H,26,28). The summed E-state index contributed by atoms with van der Waals surface area (Å²) >= 11 is 0. The number of carbonyl (C=O) groups is 1. The van der Waals surface area contributed by atoms with Gasteiger partial charge in [0.05, 0.1) is 0 Å². The first-order valence-electron chi connectivity index (χ1n) is 9.77. The van der Waals surface area contributed by atoms with Crippen molar-refractivity contribution in [3.63, 3.8) is 0 Å². The van der Waals surface area contributed by atoms with Crippen LogP contribution in [-0.2, 0) is 0 Å². The van der Waals surface area contributed by atoms with Gasteiger partial charge < -0.3 is 14.2 Å². The number of hydrogen-bond donors (Lipinski definition) is 1. The van der Waals surface area contributed by atoms with Gasteiger partial charge in [-0.2, -0.15) is 0 Å². The molecule has 0 bridgehead atoms. The molecule has 1 amide bonds. The molecule has 5 nitrogen and oxygen atoms in total. The summed E-state index contributed by atoms with van der Waals surface area (Å²) in [5.41, 5.74) is 7.01. The average molecular weight is 396 g/mol.